The second-order valence-corrected chi connectivity index (χ2v) is 5.73. The van der Waals surface area contributed by atoms with E-state index in [9.17, 15) is 0 Å². The normalized spacial score (nSPS) is 10.9. The maximum Gasteiger partial charge on any atom is 0.227 e. The zero-order chi connectivity index (χ0) is 14.8. The Bertz CT molecular complexity index is 747. The summed E-state index contributed by atoms with van der Waals surface area (Å²) >= 11 is 0. The van der Waals surface area contributed by atoms with Crippen LogP contribution in [0.5, 0.6) is 0 Å². The first-order valence-electron chi connectivity index (χ1n) is 7.57. The topological polar surface area (TPSA) is 29.9 Å². The molecule has 0 radical (unpaired) electrons. The summed E-state index contributed by atoms with van der Waals surface area (Å²) in [5.41, 5.74) is 4.09. The summed E-state index contributed by atoms with van der Waals surface area (Å²) in [4.78, 5) is 4.63. The zero-order valence-corrected chi connectivity index (χ0v) is 15.4. The number of nitrogens with zero attached hydrogens (tertiary/aromatic N) is 2. The Hall–Kier alpha value is -1.43. The predicted molar refractivity (Wildman–Crippen MR) is 84.0 cm³/mol. The van der Waals surface area contributed by atoms with Crippen LogP contribution < -0.4 is 28.5 Å². The van der Waals surface area contributed by atoms with Crippen molar-refractivity contribution in [3.8, 4) is 11.5 Å². The lowest BCUT2D eigenvalue weighted by Crippen LogP contribution is -3.00. The average Bonchev–Trinajstić information content (AvgIpc) is 2.91. The minimum absolute atomic E-state index is 0. The van der Waals surface area contributed by atoms with Gasteiger partial charge in [-0.25, -0.2) is 9.55 Å². The van der Waals surface area contributed by atoms with E-state index in [1.807, 2.05) is 6.07 Å². The molecule has 0 N–H and O–H groups in total. The van der Waals surface area contributed by atoms with Gasteiger partial charge in [0.05, 0.1) is 0 Å². The lowest BCUT2D eigenvalue weighted by Gasteiger charge is -2.02. The number of aromatic nitrogens is 2. The summed E-state index contributed by atoms with van der Waals surface area (Å²) in [6, 6.07) is 10.4. The zero-order valence-electron chi connectivity index (χ0n) is 13.2. The second-order valence-electron chi connectivity index (χ2n) is 5.73. The van der Waals surface area contributed by atoms with Crippen LogP contribution in [0.1, 0.15) is 38.7 Å². The molecule has 2 aromatic heterocycles. The Balaban J connectivity index is 0.00000176. The number of hydrogen-bond donors (Lipinski definition) is 0. The molecule has 4 heteroatoms. The van der Waals surface area contributed by atoms with Gasteiger partial charge in [0.2, 0.25) is 5.89 Å². The van der Waals surface area contributed by atoms with Crippen LogP contribution in [0.25, 0.3) is 22.6 Å². The highest BCUT2D eigenvalue weighted by Gasteiger charge is 2.11. The molecule has 0 aliphatic rings. The minimum Gasteiger partial charge on any atom is -1.00 e. The van der Waals surface area contributed by atoms with Gasteiger partial charge >= 0.3 is 0 Å². The molecule has 3 nitrogen and oxygen atoms in total. The highest BCUT2D eigenvalue weighted by molar-refractivity contribution is 5.76. The first-order valence-corrected chi connectivity index (χ1v) is 7.57. The van der Waals surface area contributed by atoms with E-state index in [4.69, 9.17) is 4.42 Å². The van der Waals surface area contributed by atoms with Crippen molar-refractivity contribution >= 4 is 11.1 Å². The van der Waals surface area contributed by atoms with Crippen molar-refractivity contribution in [2.24, 2.45) is 0 Å². The molecule has 0 aliphatic heterocycles. The number of fused-ring (bicyclic) bond motifs is 1. The number of hydrogen-bond acceptors (Lipinski definition) is 2. The molecule has 0 bridgehead atoms. The predicted octanol–water partition coefficient (Wildman–Crippen LogP) is 1.32. The number of oxazole rings is 1. The van der Waals surface area contributed by atoms with E-state index in [1.165, 1.54) is 5.56 Å². The number of rotatable bonds is 4. The highest BCUT2D eigenvalue weighted by atomic mass is 127. The largest absolute Gasteiger partial charge is 1.00 e. The lowest BCUT2D eigenvalue weighted by molar-refractivity contribution is -0.696. The quantitative estimate of drug-likeness (QED) is 0.482. The summed E-state index contributed by atoms with van der Waals surface area (Å²) < 4.78 is 8.04. The van der Waals surface area contributed by atoms with Crippen molar-refractivity contribution in [2.75, 3.05) is 0 Å². The molecule has 0 amide bonds. The molecule has 0 aliphatic carbocycles. The molecule has 0 saturated heterocycles. The van der Waals surface area contributed by atoms with Gasteiger partial charge in [0.15, 0.2) is 18.0 Å². The fourth-order valence-corrected chi connectivity index (χ4v) is 2.43. The molecule has 0 saturated carbocycles. The summed E-state index contributed by atoms with van der Waals surface area (Å²) in [7, 11) is 0. The second kappa shape index (κ2) is 7.22. The fourth-order valence-electron chi connectivity index (χ4n) is 2.43. The van der Waals surface area contributed by atoms with E-state index in [0.717, 1.165) is 29.6 Å². The Morgan fingerprint density at radius 1 is 1.14 bits per heavy atom. The smallest absolute Gasteiger partial charge is 0.227 e. The number of halogens is 1. The molecule has 1 aromatic carbocycles. The van der Waals surface area contributed by atoms with Crippen molar-refractivity contribution in [1.29, 1.82) is 0 Å². The first-order chi connectivity index (χ1) is 10.2. The van der Waals surface area contributed by atoms with Crippen LogP contribution in [0.15, 0.2) is 47.1 Å². The van der Waals surface area contributed by atoms with Gasteiger partial charge in [-0.3, -0.25) is 0 Å². The van der Waals surface area contributed by atoms with E-state index in [-0.39, 0.29) is 24.0 Å². The van der Waals surface area contributed by atoms with Gasteiger partial charge in [-0.05, 0) is 23.6 Å². The molecule has 3 aromatic rings. The van der Waals surface area contributed by atoms with Crippen LogP contribution in [0.4, 0.5) is 0 Å². The minimum atomic E-state index is 0. The summed E-state index contributed by atoms with van der Waals surface area (Å²) in [5.74, 6) is 1.19. The maximum atomic E-state index is 5.87. The fraction of sp³-hybridized carbons (Fsp3) is 0.333. The average molecular weight is 408 g/mol. The first kappa shape index (κ1) is 16.9. The van der Waals surface area contributed by atoms with E-state index in [0.29, 0.717) is 11.8 Å². The molecule has 0 unspecified atom stereocenters. The van der Waals surface area contributed by atoms with Crippen molar-refractivity contribution in [3.63, 3.8) is 0 Å². The lowest BCUT2D eigenvalue weighted by atomic mass is 10.0. The van der Waals surface area contributed by atoms with E-state index in [1.54, 1.807) is 0 Å². The van der Waals surface area contributed by atoms with Crippen molar-refractivity contribution in [1.82, 2.24) is 4.98 Å². The highest BCUT2D eigenvalue weighted by Crippen LogP contribution is 2.26. The van der Waals surface area contributed by atoms with E-state index < -0.39 is 0 Å². The van der Waals surface area contributed by atoms with Crippen LogP contribution >= 0.6 is 0 Å². The van der Waals surface area contributed by atoms with Crippen LogP contribution in [0.2, 0.25) is 0 Å². The maximum absolute atomic E-state index is 5.87. The number of benzene rings is 1. The molecular formula is C18H21IN2O. The van der Waals surface area contributed by atoms with Gasteiger partial charge in [-0.1, -0.05) is 26.8 Å². The van der Waals surface area contributed by atoms with Gasteiger partial charge < -0.3 is 28.4 Å². The molecule has 0 fully saturated rings. The standard InChI is InChI=1S/C18H21N2O.HI/c1-4-9-20-10-7-14(8-11-20)18-19-16-12-15(13(2)3)5-6-17(16)21-18;/h5-8,10-13H,4,9H2,1-3H3;1H/q+1;/p-1. The van der Waals surface area contributed by atoms with Gasteiger partial charge in [-0.15, -0.1) is 0 Å². The SMILES string of the molecule is CCC[n+]1ccc(-c2nc3cc(C(C)C)ccc3o2)cc1.[I-]. The van der Waals surface area contributed by atoms with Crippen LogP contribution in [-0.4, -0.2) is 4.98 Å². The molecule has 2 heterocycles. The molecule has 22 heavy (non-hydrogen) atoms. The van der Waals surface area contributed by atoms with Crippen LogP contribution in [0, 0.1) is 0 Å². The third-order valence-electron chi connectivity index (χ3n) is 3.70. The number of pyridine rings is 1. The summed E-state index contributed by atoms with van der Waals surface area (Å²) in [5, 5.41) is 0. The molecule has 0 atom stereocenters. The number of aryl methyl sites for hydroxylation is 1. The van der Waals surface area contributed by atoms with Gasteiger partial charge in [-0.2, -0.15) is 0 Å². The van der Waals surface area contributed by atoms with Gasteiger partial charge in [0.25, 0.3) is 0 Å². The van der Waals surface area contributed by atoms with Crippen molar-refractivity contribution < 1.29 is 33.0 Å². The Kier molecular flexibility index (Phi) is 5.56. The van der Waals surface area contributed by atoms with Gasteiger partial charge in [0.1, 0.15) is 12.1 Å². The Morgan fingerprint density at radius 2 is 1.86 bits per heavy atom. The molecule has 0 spiro atoms. The van der Waals surface area contributed by atoms with Gasteiger partial charge in [0, 0.05) is 24.1 Å². The van der Waals surface area contributed by atoms with E-state index in [2.05, 4.69) is 67.0 Å². The summed E-state index contributed by atoms with van der Waals surface area (Å²) in [6.45, 7) is 7.58. The monoisotopic (exact) mass is 408 g/mol. The molecule has 116 valence electrons. The van der Waals surface area contributed by atoms with Crippen molar-refractivity contribution in [2.45, 2.75) is 39.7 Å². The van der Waals surface area contributed by atoms with Crippen LogP contribution in [-0.2, 0) is 6.54 Å². The Morgan fingerprint density at radius 3 is 2.50 bits per heavy atom. The third-order valence-corrected chi connectivity index (χ3v) is 3.70. The third kappa shape index (κ3) is 3.48. The van der Waals surface area contributed by atoms with Crippen molar-refractivity contribution in [3.05, 3.63) is 48.3 Å². The molecule has 3 rings (SSSR count). The van der Waals surface area contributed by atoms with E-state index >= 15 is 0 Å². The van der Waals surface area contributed by atoms with Crippen LogP contribution in [0.3, 0.4) is 0 Å². The molecular weight excluding hydrogens is 387 g/mol. The Labute approximate surface area is 148 Å². The summed E-state index contributed by atoms with van der Waals surface area (Å²) in [6.07, 6.45) is 5.28.